The van der Waals surface area contributed by atoms with Crippen molar-refractivity contribution >= 4 is 21.8 Å². The SMILES string of the molecule is C[C@@H]1[C@H](C)CCC[C@H]1NC(=O)c1nn(C)cc1Br. The van der Waals surface area contributed by atoms with Gasteiger partial charge in [-0.25, -0.2) is 0 Å². The molecule has 5 heteroatoms. The Morgan fingerprint density at radius 2 is 2.22 bits per heavy atom. The fourth-order valence-corrected chi connectivity index (χ4v) is 3.19. The molecule has 0 aliphatic heterocycles. The van der Waals surface area contributed by atoms with Crippen LogP contribution in [0.4, 0.5) is 0 Å². The minimum absolute atomic E-state index is 0.0755. The third kappa shape index (κ3) is 2.76. The van der Waals surface area contributed by atoms with Crippen molar-refractivity contribution in [2.45, 2.75) is 39.2 Å². The summed E-state index contributed by atoms with van der Waals surface area (Å²) in [5, 5.41) is 7.30. The lowest BCUT2D eigenvalue weighted by Gasteiger charge is -2.34. The molecule has 2 rings (SSSR count). The van der Waals surface area contributed by atoms with Crippen LogP contribution in [-0.4, -0.2) is 21.7 Å². The number of carbonyl (C=O) groups is 1. The molecule has 0 unspecified atom stereocenters. The van der Waals surface area contributed by atoms with Crippen LogP contribution in [0.1, 0.15) is 43.6 Å². The minimum Gasteiger partial charge on any atom is -0.348 e. The number of amides is 1. The van der Waals surface area contributed by atoms with E-state index in [9.17, 15) is 4.79 Å². The highest BCUT2D eigenvalue weighted by Gasteiger charge is 2.29. The van der Waals surface area contributed by atoms with E-state index in [2.05, 4.69) is 40.2 Å². The zero-order valence-corrected chi connectivity index (χ0v) is 12.7. The number of rotatable bonds is 2. The van der Waals surface area contributed by atoms with E-state index in [1.165, 1.54) is 12.8 Å². The van der Waals surface area contributed by atoms with Crippen LogP contribution in [0.15, 0.2) is 10.7 Å². The van der Waals surface area contributed by atoms with Crippen LogP contribution < -0.4 is 5.32 Å². The Kier molecular flexibility index (Phi) is 4.10. The first-order chi connectivity index (χ1) is 8.49. The van der Waals surface area contributed by atoms with Crippen LogP contribution in [0.5, 0.6) is 0 Å². The molecule has 0 spiro atoms. The number of nitrogens with zero attached hydrogens (tertiary/aromatic N) is 2. The van der Waals surface area contributed by atoms with Gasteiger partial charge in [0.15, 0.2) is 5.69 Å². The van der Waals surface area contributed by atoms with Gasteiger partial charge in [0.05, 0.1) is 4.47 Å². The van der Waals surface area contributed by atoms with Crippen LogP contribution in [0, 0.1) is 11.8 Å². The average molecular weight is 314 g/mol. The molecule has 0 radical (unpaired) electrons. The maximum Gasteiger partial charge on any atom is 0.273 e. The predicted molar refractivity (Wildman–Crippen MR) is 74.3 cm³/mol. The molecule has 1 aromatic rings. The van der Waals surface area contributed by atoms with Gasteiger partial charge in [0.25, 0.3) is 5.91 Å². The predicted octanol–water partition coefficient (Wildman–Crippen LogP) is 2.74. The molecule has 1 N–H and O–H groups in total. The maximum atomic E-state index is 12.2. The van der Waals surface area contributed by atoms with E-state index in [-0.39, 0.29) is 11.9 Å². The molecule has 1 fully saturated rings. The number of aromatic nitrogens is 2. The minimum atomic E-state index is -0.0755. The first-order valence-corrected chi connectivity index (χ1v) is 7.28. The first-order valence-electron chi connectivity index (χ1n) is 6.49. The zero-order chi connectivity index (χ0) is 13.3. The fraction of sp³-hybridized carbons (Fsp3) is 0.692. The number of nitrogens with one attached hydrogen (secondary N) is 1. The van der Waals surface area contributed by atoms with Gasteiger partial charge < -0.3 is 5.32 Å². The highest BCUT2D eigenvalue weighted by Crippen LogP contribution is 2.29. The van der Waals surface area contributed by atoms with Crippen LogP contribution in [-0.2, 0) is 7.05 Å². The topological polar surface area (TPSA) is 46.9 Å². The third-order valence-electron chi connectivity index (χ3n) is 4.02. The van der Waals surface area contributed by atoms with E-state index < -0.39 is 0 Å². The second-order valence-electron chi connectivity index (χ2n) is 5.35. The van der Waals surface area contributed by atoms with Gasteiger partial charge in [-0.2, -0.15) is 5.10 Å². The highest BCUT2D eigenvalue weighted by atomic mass is 79.9. The van der Waals surface area contributed by atoms with Crippen molar-refractivity contribution in [2.24, 2.45) is 18.9 Å². The lowest BCUT2D eigenvalue weighted by molar-refractivity contribution is 0.0884. The standard InChI is InChI=1S/C13H20BrN3O/c1-8-5-4-6-11(9(8)2)15-13(18)12-10(14)7-17(3)16-12/h7-9,11H,4-6H2,1-3H3,(H,15,18)/t8-,9-,11-/m1/s1. The van der Waals surface area contributed by atoms with Gasteiger partial charge in [0, 0.05) is 19.3 Å². The van der Waals surface area contributed by atoms with Gasteiger partial charge >= 0.3 is 0 Å². The van der Waals surface area contributed by atoms with E-state index in [0.717, 1.165) is 10.9 Å². The molecule has 0 saturated heterocycles. The van der Waals surface area contributed by atoms with Crippen molar-refractivity contribution in [3.05, 3.63) is 16.4 Å². The fourth-order valence-electron chi connectivity index (χ4n) is 2.64. The summed E-state index contributed by atoms with van der Waals surface area (Å²) in [6.45, 7) is 4.49. The molecule has 1 aliphatic carbocycles. The summed E-state index contributed by atoms with van der Waals surface area (Å²) in [4.78, 5) is 12.2. The normalized spacial score (nSPS) is 28.1. The summed E-state index contributed by atoms with van der Waals surface area (Å²) < 4.78 is 2.39. The molecule has 1 aliphatic rings. The summed E-state index contributed by atoms with van der Waals surface area (Å²) in [6.07, 6.45) is 5.32. The van der Waals surface area contributed by atoms with E-state index in [4.69, 9.17) is 0 Å². The van der Waals surface area contributed by atoms with E-state index in [1.54, 1.807) is 10.9 Å². The summed E-state index contributed by atoms with van der Waals surface area (Å²) in [6, 6.07) is 0.273. The van der Waals surface area contributed by atoms with Gasteiger partial charge in [-0.3, -0.25) is 9.48 Å². The number of hydrogen-bond donors (Lipinski definition) is 1. The largest absolute Gasteiger partial charge is 0.348 e. The third-order valence-corrected chi connectivity index (χ3v) is 4.60. The molecular formula is C13H20BrN3O. The van der Waals surface area contributed by atoms with E-state index in [1.807, 2.05) is 7.05 Å². The van der Waals surface area contributed by atoms with Crippen molar-refractivity contribution in [2.75, 3.05) is 0 Å². The maximum absolute atomic E-state index is 12.2. The van der Waals surface area contributed by atoms with Crippen molar-refractivity contribution in [3.8, 4) is 0 Å². The van der Waals surface area contributed by atoms with Crippen LogP contribution in [0.25, 0.3) is 0 Å². The second kappa shape index (κ2) is 5.43. The molecule has 1 amide bonds. The second-order valence-corrected chi connectivity index (χ2v) is 6.20. The molecule has 1 saturated carbocycles. The summed E-state index contributed by atoms with van der Waals surface area (Å²) in [5.74, 6) is 1.13. The molecule has 1 heterocycles. The molecule has 100 valence electrons. The monoisotopic (exact) mass is 313 g/mol. The van der Waals surface area contributed by atoms with E-state index in [0.29, 0.717) is 17.5 Å². The lowest BCUT2D eigenvalue weighted by Crippen LogP contribution is -2.43. The molecule has 4 nitrogen and oxygen atoms in total. The Balaban J connectivity index is 2.05. The van der Waals surface area contributed by atoms with Gasteiger partial charge in [0.1, 0.15) is 0 Å². The Morgan fingerprint density at radius 1 is 1.50 bits per heavy atom. The van der Waals surface area contributed by atoms with Gasteiger partial charge in [-0.15, -0.1) is 0 Å². The summed E-state index contributed by atoms with van der Waals surface area (Å²) in [5.41, 5.74) is 0.475. The van der Waals surface area contributed by atoms with Crippen molar-refractivity contribution in [3.63, 3.8) is 0 Å². The highest BCUT2D eigenvalue weighted by molar-refractivity contribution is 9.10. The Hall–Kier alpha value is -0.840. The quantitative estimate of drug-likeness (QED) is 0.912. The molecule has 18 heavy (non-hydrogen) atoms. The molecule has 0 bridgehead atoms. The van der Waals surface area contributed by atoms with Crippen LogP contribution in [0.2, 0.25) is 0 Å². The first kappa shape index (κ1) is 13.6. The van der Waals surface area contributed by atoms with Gasteiger partial charge in [0.2, 0.25) is 0 Å². The van der Waals surface area contributed by atoms with E-state index >= 15 is 0 Å². The lowest BCUT2D eigenvalue weighted by atomic mass is 9.78. The zero-order valence-electron chi connectivity index (χ0n) is 11.1. The average Bonchev–Trinajstić information content (AvgIpc) is 2.64. The Labute approximate surface area is 116 Å². The number of carbonyl (C=O) groups excluding carboxylic acids is 1. The van der Waals surface area contributed by atoms with Crippen molar-refractivity contribution in [1.29, 1.82) is 0 Å². The number of hydrogen-bond acceptors (Lipinski definition) is 2. The van der Waals surface area contributed by atoms with Crippen molar-refractivity contribution < 1.29 is 4.79 Å². The van der Waals surface area contributed by atoms with Gasteiger partial charge in [-0.1, -0.05) is 26.7 Å². The molecular weight excluding hydrogens is 294 g/mol. The molecule has 3 atom stereocenters. The molecule has 1 aromatic heterocycles. The smallest absolute Gasteiger partial charge is 0.273 e. The summed E-state index contributed by atoms with van der Waals surface area (Å²) in [7, 11) is 1.81. The Bertz CT molecular complexity index is 443. The summed E-state index contributed by atoms with van der Waals surface area (Å²) >= 11 is 3.37. The van der Waals surface area contributed by atoms with Crippen LogP contribution in [0.3, 0.4) is 0 Å². The number of aryl methyl sites for hydroxylation is 1. The Morgan fingerprint density at radius 3 is 2.83 bits per heavy atom. The molecule has 0 aromatic carbocycles. The number of halogens is 1. The van der Waals surface area contributed by atoms with Crippen molar-refractivity contribution in [1.82, 2.24) is 15.1 Å². The van der Waals surface area contributed by atoms with Gasteiger partial charge in [-0.05, 0) is 34.2 Å². The van der Waals surface area contributed by atoms with Crippen LogP contribution >= 0.6 is 15.9 Å².